The van der Waals surface area contributed by atoms with Crippen molar-refractivity contribution in [3.05, 3.63) is 35.4 Å². The Morgan fingerprint density at radius 2 is 2.00 bits per heavy atom. The number of carbonyl (C=O) groups is 2. The van der Waals surface area contributed by atoms with Crippen LogP contribution in [0.5, 0.6) is 0 Å². The summed E-state index contributed by atoms with van der Waals surface area (Å²) in [6, 6.07) is 8.32. The zero-order chi connectivity index (χ0) is 13.9. The van der Waals surface area contributed by atoms with Gasteiger partial charge in [0.05, 0.1) is 0 Å². The van der Waals surface area contributed by atoms with E-state index in [0.717, 1.165) is 12.8 Å². The molecule has 0 radical (unpaired) electrons. The molecule has 20 heavy (non-hydrogen) atoms. The van der Waals surface area contributed by atoms with Crippen molar-refractivity contribution in [1.29, 1.82) is 0 Å². The van der Waals surface area contributed by atoms with E-state index in [2.05, 4.69) is 17.4 Å². The topological polar surface area (TPSA) is 66.4 Å². The van der Waals surface area contributed by atoms with E-state index in [1.54, 1.807) is 0 Å². The summed E-state index contributed by atoms with van der Waals surface area (Å²) in [4.78, 5) is 23.5. The van der Waals surface area contributed by atoms with Gasteiger partial charge >= 0.3 is 5.97 Å². The first-order valence-corrected chi connectivity index (χ1v) is 7.26. The Labute approximate surface area is 117 Å². The molecule has 3 aliphatic carbocycles. The molecule has 104 valence electrons. The molecule has 0 saturated heterocycles. The van der Waals surface area contributed by atoms with Crippen LogP contribution in [0.2, 0.25) is 0 Å². The van der Waals surface area contributed by atoms with E-state index in [-0.39, 0.29) is 11.8 Å². The second kappa shape index (κ2) is 3.84. The molecule has 3 unspecified atom stereocenters. The van der Waals surface area contributed by atoms with Crippen LogP contribution in [0.25, 0.3) is 0 Å². The zero-order valence-corrected chi connectivity index (χ0v) is 11.1. The van der Waals surface area contributed by atoms with Crippen LogP contribution in [0.15, 0.2) is 24.3 Å². The maximum absolute atomic E-state index is 12.4. The maximum Gasteiger partial charge on any atom is 0.329 e. The molecule has 3 aliphatic rings. The number of aryl methyl sites for hydroxylation is 1. The number of nitrogens with one attached hydrogen (secondary N) is 1. The Hall–Kier alpha value is -1.84. The van der Waals surface area contributed by atoms with Gasteiger partial charge in [-0.05, 0) is 48.6 Å². The highest BCUT2D eigenvalue weighted by molar-refractivity contribution is 5.92. The molecule has 1 aromatic carbocycles. The third kappa shape index (κ3) is 1.60. The summed E-state index contributed by atoms with van der Waals surface area (Å²) in [5.41, 5.74) is 1.69. The average Bonchev–Trinajstić information content (AvgIpc) is 3.32. The van der Waals surface area contributed by atoms with Crippen molar-refractivity contribution in [3.8, 4) is 0 Å². The molecule has 0 aliphatic heterocycles. The first-order chi connectivity index (χ1) is 9.62. The molecule has 1 aromatic rings. The minimum absolute atomic E-state index is 0.0181. The normalized spacial score (nSPS) is 31.7. The van der Waals surface area contributed by atoms with Crippen LogP contribution in [0.4, 0.5) is 0 Å². The smallest absolute Gasteiger partial charge is 0.329 e. The quantitative estimate of drug-likeness (QED) is 0.879. The number of hydrogen-bond acceptors (Lipinski definition) is 2. The van der Waals surface area contributed by atoms with Crippen LogP contribution in [0.1, 0.15) is 36.3 Å². The lowest BCUT2D eigenvalue weighted by Gasteiger charge is -2.13. The van der Waals surface area contributed by atoms with Crippen LogP contribution < -0.4 is 5.32 Å². The standard InChI is InChI=1S/C16H17NO3/c18-14(17-16(7-8-16)15(19)20)13-11-6-5-9-3-1-2-4-10(9)12(11)13/h1-4,11-13H,5-8H2,(H,17,18)(H,19,20). The fourth-order valence-electron chi connectivity index (χ4n) is 3.76. The van der Waals surface area contributed by atoms with E-state index in [1.807, 2.05) is 12.1 Å². The fraction of sp³-hybridized carbons (Fsp3) is 0.500. The number of aliphatic carboxylic acids is 1. The van der Waals surface area contributed by atoms with Crippen molar-refractivity contribution < 1.29 is 14.7 Å². The van der Waals surface area contributed by atoms with Crippen molar-refractivity contribution in [2.24, 2.45) is 11.8 Å². The van der Waals surface area contributed by atoms with Gasteiger partial charge in [-0.15, -0.1) is 0 Å². The molecule has 4 heteroatoms. The molecular formula is C16H17NO3. The van der Waals surface area contributed by atoms with Gasteiger partial charge in [-0.25, -0.2) is 4.79 Å². The number of carbonyl (C=O) groups excluding carboxylic acids is 1. The van der Waals surface area contributed by atoms with Crippen molar-refractivity contribution >= 4 is 11.9 Å². The Balaban J connectivity index is 1.53. The number of rotatable bonds is 3. The summed E-state index contributed by atoms with van der Waals surface area (Å²) < 4.78 is 0. The van der Waals surface area contributed by atoms with E-state index < -0.39 is 11.5 Å². The van der Waals surface area contributed by atoms with Gasteiger partial charge in [0.15, 0.2) is 0 Å². The van der Waals surface area contributed by atoms with Gasteiger partial charge in [0.2, 0.25) is 5.91 Å². The molecular weight excluding hydrogens is 254 g/mol. The first kappa shape index (κ1) is 11.9. The van der Waals surface area contributed by atoms with Gasteiger partial charge in [0.25, 0.3) is 0 Å². The molecule has 3 atom stereocenters. The van der Waals surface area contributed by atoms with Crippen LogP contribution >= 0.6 is 0 Å². The molecule has 2 fully saturated rings. The molecule has 0 aromatic heterocycles. The summed E-state index contributed by atoms with van der Waals surface area (Å²) in [5, 5.41) is 11.9. The van der Waals surface area contributed by atoms with E-state index in [4.69, 9.17) is 5.11 Å². The maximum atomic E-state index is 12.4. The zero-order valence-electron chi connectivity index (χ0n) is 11.1. The minimum Gasteiger partial charge on any atom is -0.480 e. The van der Waals surface area contributed by atoms with Gasteiger partial charge < -0.3 is 10.4 Å². The van der Waals surface area contributed by atoms with Crippen molar-refractivity contribution in [2.45, 2.75) is 37.1 Å². The van der Waals surface area contributed by atoms with Crippen molar-refractivity contribution in [1.82, 2.24) is 5.32 Å². The molecule has 4 rings (SSSR count). The summed E-state index contributed by atoms with van der Waals surface area (Å²) in [7, 11) is 0. The molecule has 4 nitrogen and oxygen atoms in total. The highest BCUT2D eigenvalue weighted by atomic mass is 16.4. The minimum atomic E-state index is -0.956. The third-order valence-corrected chi connectivity index (χ3v) is 5.15. The number of benzene rings is 1. The van der Waals surface area contributed by atoms with Crippen molar-refractivity contribution in [3.63, 3.8) is 0 Å². The number of fused-ring (bicyclic) bond motifs is 3. The summed E-state index contributed by atoms with van der Waals surface area (Å²) in [6.45, 7) is 0. The molecule has 0 spiro atoms. The number of amides is 1. The second-order valence-corrected chi connectivity index (χ2v) is 6.33. The van der Waals surface area contributed by atoms with Gasteiger partial charge in [-0.3, -0.25) is 4.79 Å². The van der Waals surface area contributed by atoms with Gasteiger partial charge in [0.1, 0.15) is 5.54 Å². The largest absolute Gasteiger partial charge is 0.480 e. The fourth-order valence-corrected chi connectivity index (χ4v) is 3.76. The molecule has 0 bridgehead atoms. The number of carboxylic acid groups (broad SMARTS) is 1. The van der Waals surface area contributed by atoms with E-state index in [1.165, 1.54) is 11.1 Å². The van der Waals surface area contributed by atoms with Gasteiger partial charge in [-0.2, -0.15) is 0 Å². The predicted octanol–water partition coefficient (Wildman–Crippen LogP) is 1.70. The van der Waals surface area contributed by atoms with Crippen LogP contribution in [0, 0.1) is 11.8 Å². The SMILES string of the molecule is O=C(NC1(C(=O)O)CC1)C1C2CCc3ccccc3C21. The highest BCUT2D eigenvalue weighted by Crippen LogP contribution is 2.60. The summed E-state index contributed by atoms with van der Waals surface area (Å²) >= 11 is 0. The van der Waals surface area contributed by atoms with Crippen LogP contribution in [0.3, 0.4) is 0 Å². The number of hydrogen-bond donors (Lipinski definition) is 2. The van der Waals surface area contributed by atoms with E-state index in [9.17, 15) is 9.59 Å². The van der Waals surface area contributed by atoms with E-state index in [0.29, 0.717) is 24.7 Å². The number of carboxylic acids is 1. The first-order valence-electron chi connectivity index (χ1n) is 7.26. The monoisotopic (exact) mass is 271 g/mol. The lowest BCUT2D eigenvalue weighted by molar-refractivity contribution is -0.143. The summed E-state index contributed by atoms with van der Waals surface area (Å²) in [5.74, 6) is -0.249. The second-order valence-electron chi connectivity index (χ2n) is 6.33. The van der Waals surface area contributed by atoms with Gasteiger partial charge in [-0.1, -0.05) is 24.3 Å². The van der Waals surface area contributed by atoms with Gasteiger partial charge in [0, 0.05) is 5.92 Å². The van der Waals surface area contributed by atoms with Crippen LogP contribution in [-0.4, -0.2) is 22.5 Å². The van der Waals surface area contributed by atoms with E-state index >= 15 is 0 Å². The third-order valence-electron chi connectivity index (χ3n) is 5.15. The Morgan fingerprint density at radius 1 is 1.25 bits per heavy atom. The lowest BCUT2D eigenvalue weighted by Crippen LogP contribution is -2.44. The highest BCUT2D eigenvalue weighted by Gasteiger charge is 2.60. The molecule has 1 amide bonds. The Bertz CT molecular complexity index is 605. The molecule has 2 saturated carbocycles. The summed E-state index contributed by atoms with van der Waals surface area (Å²) in [6.07, 6.45) is 3.20. The molecule has 2 N–H and O–H groups in total. The van der Waals surface area contributed by atoms with Crippen molar-refractivity contribution in [2.75, 3.05) is 0 Å². The average molecular weight is 271 g/mol. The molecule has 0 heterocycles. The predicted molar refractivity (Wildman–Crippen MR) is 72.2 cm³/mol. The lowest BCUT2D eigenvalue weighted by atomic mass is 9.92. The Morgan fingerprint density at radius 3 is 2.70 bits per heavy atom. The van der Waals surface area contributed by atoms with Crippen LogP contribution in [-0.2, 0) is 16.0 Å². The Kier molecular flexibility index (Phi) is 2.29.